The molecule has 0 unspecified atom stereocenters. The largest absolute Gasteiger partial charge is 0.481 e. The van der Waals surface area contributed by atoms with Gasteiger partial charge in [-0.2, -0.15) is 10.1 Å². The van der Waals surface area contributed by atoms with Crippen molar-refractivity contribution in [2.45, 2.75) is 19.9 Å². The van der Waals surface area contributed by atoms with E-state index in [9.17, 15) is 0 Å². The van der Waals surface area contributed by atoms with E-state index in [-0.39, 0.29) is 0 Å². The van der Waals surface area contributed by atoms with Gasteiger partial charge in [-0.05, 0) is 6.42 Å². The molecule has 0 aromatic carbocycles. The molecule has 0 fully saturated rings. The molecule has 0 aliphatic rings. The van der Waals surface area contributed by atoms with Crippen molar-refractivity contribution in [1.29, 1.82) is 0 Å². The van der Waals surface area contributed by atoms with Gasteiger partial charge in [0, 0.05) is 19.3 Å². The standard InChI is InChI=1S/C13H19N5O2/c1-5-10-9(12(20-4)18(2)17-10)8-15-13-14-7-6-11(16-13)19-3/h6-7H,5,8H2,1-4H3,(H,14,15,16). The van der Waals surface area contributed by atoms with Crippen molar-refractivity contribution in [2.24, 2.45) is 7.05 Å². The van der Waals surface area contributed by atoms with Gasteiger partial charge in [0.1, 0.15) is 0 Å². The predicted octanol–water partition coefficient (Wildman–Crippen LogP) is 1.40. The van der Waals surface area contributed by atoms with Gasteiger partial charge in [0.25, 0.3) is 0 Å². The molecule has 0 aliphatic carbocycles. The summed E-state index contributed by atoms with van der Waals surface area (Å²) in [5.41, 5.74) is 2.02. The summed E-state index contributed by atoms with van der Waals surface area (Å²) in [5, 5.41) is 7.59. The van der Waals surface area contributed by atoms with E-state index in [0.717, 1.165) is 23.6 Å². The van der Waals surface area contributed by atoms with E-state index < -0.39 is 0 Å². The lowest BCUT2D eigenvalue weighted by Gasteiger charge is -2.08. The number of nitrogens with one attached hydrogen (secondary N) is 1. The molecule has 2 heterocycles. The first kappa shape index (κ1) is 14.1. The van der Waals surface area contributed by atoms with Crippen LogP contribution in [-0.4, -0.2) is 34.0 Å². The monoisotopic (exact) mass is 277 g/mol. The number of nitrogens with zero attached hydrogens (tertiary/aromatic N) is 4. The second-order valence-electron chi connectivity index (χ2n) is 4.19. The third-order valence-electron chi connectivity index (χ3n) is 2.96. The summed E-state index contributed by atoms with van der Waals surface area (Å²) in [7, 11) is 5.08. The van der Waals surface area contributed by atoms with Crippen LogP contribution in [0, 0.1) is 0 Å². The summed E-state index contributed by atoms with van der Waals surface area (Å²) < 4.78 is 12.2. The van der Waals surface area contributed by atoms with Crippen LogP contribution in [-0.2, 0) is 20.0 Å². The summed E-state index contributed by atoms with van der Waals surface area (Å²) in [4.78, 5) is 8.36. The van der Waals surface area contributed by atoms with E-state index >= 15 is 0 Å². The zero-order valence-electron chi connectivity index (χ0n) is 12.2. The minimum absolute atomic E-state index is 0.511. The van der Waals surface area contributed by atoms with Gasteiger partial charge >= 0.3 is 0 Å². The molecule has 0 saturated heterocycles. The average Bonchev–Trinajstić information content (AvgIpc) is 2.80. The molecule has 7 nitrogen and oxygen atoms in total. The fourth-order valence-corrected chi connectivity index (χ4v) is 2.03. The Labute approximate surface area is 118 Å². The lowest BCUT2D eigenvalue weighted by atomic mass is 10.2. The highest BCUT2D eigenvalue weighted by atomic mass is 16.5. The van der Waals surface area contributed by atoms with Crippen molar-refractivity contribution in [1.82, 2.24) is 19.7 Å². The Bertz CT molecular complexity index is 582. The van der Waals surface area contributed by atoms with Crippen LogP contribution in [0.3, 0.4) is 0 Å². The lowest BCUT2D eigenvalue weighted by molar-refractivity contribution is 0.369. The first-order valence-corrected chi connectivity index (χ1v) is 6.39. The van der Waals surface area contributed by atoms with Crippen LogP contribution in [0.1, 0.15) is 18.2 Å². The Kier molecular flexibility index (Phi) is 4.39. The normalized spacial score (nSPS) is 10.4. The number of hydrogen-bond acceptors (Lipinski definition) is 6. The van der Waals surface area contributed by atoms with Gasteiger partial charge in [-0.25, -0.2) is 9.67 Å². The minimum Gasteiger partial charge on any atom is -0.481 e. The van der Waals surface area contributed by atoms with Gasteiger partial charge in [-0.15, -0.1) is 0 Å². The van der Waals surface area contributed by atoms with Gasteiger partial charge in [0.15, 0.2) is 0 Å². The van der Waals surface area contributed by atoms with E-state index in [0.29, 0.717) is 18.4 Å². The van der Waals surface area contributed by atoms with Crippen LogP contribution < -0.4 is 14.8 Å². The van der Waals surface area contributed by atoms with Crippen molar-refractivity contribution in [2.75, 3.05) is 19.5 Å². The fourth-order valence-electron chi connectivity index (χ4n) is 2.03. The lowest BCUT2D eigenvalue weighted by Crippen LogP contribution is -2.06. The minimum atomic E-state index is 0.511. The second-order valence-corrected chi connectivity index (χ2v) is 4.19. The molecule has 20 heavy (non-hydrogen) atoms. The SMILES string of the molecule is CCc1nn(C)c(OC)c1CNc1nccc(OC)n1. The summed E-state index contributed by atoms with van der Waals surface area (Å²) in [6.45, 7) is 2.61. The second kappa shape index (κ2) is 6.23. The van der Waals surface area contributed by atoms with Crippen LogP contribution in [0.2, 0.25) is 0 Å². The van der Waals surface area contributed by atoms with E-state index in [1.807, 2.05) is 7.05 Å². The van der Waals surface area contributed by atoms with Gasteiger partial charge in [-0.3, -0.25) is 0 Å². The summed E-state index contributed by atoms with van der Waals surface area (Å²) in [6, 6.07) is 1.70. The molecule has 0 radical (unpaired) electrons. The van der Waals surface area contributed by atoms with Crippen LogP contribution in [0.15, 0.2) is 12.3 Å². The highest BCUT2D eigenvalue weighted by Crippen LogP contribution is 2.22. The number of hydrogen-bond donors (Lipinski definition) is 1. The Morgan fingerprint density at radius 1 is 1.30 bits per heavy atom. The fraction of sp³-hybridized carbons (Fsp3) is 0.462. The molecule has 1 N–H and O–H groups in total. The third-order valence-corrected chi connectivity index (χ3v) is 2.96. The maximum atomic E-state index is 5.39. The Morgan fingerprint density at radius 2 is 2.10 bits per heavy atom. The highest BCUT2D eigenvalue weighted by molar-refractivity contribution is 5.36. The first-order valence-electron chi connectivity index (χ1n) is 6.39. The quantitative estimate of drug-likeness (QED) is 0.860. The molecule has 0 amide bonds. The van der Waals surface area contributed by atoms with E-state index in [4.69, 9.17) is 9.47 Å². The highest BCUT2D eigenvalue weighted by Gasteiger charge is 2.15. The maximum absolute atomic E-state index is 5.39. The Hall–Kier alpha value is -2.31. The van der Waals surface area contributed by atoms with Crippen molar-refractivity contribution in [3.63, 3.8) is 0 Å². The Balaban J connectivity index is 2.17. The van der Waals surface area contributed by atoms with Crippen LogP contribution in [0.25, 0.3) is 0 Å². The number of anilines is 1. The van der Waals surface area contributed by atoms with Crippen LogP contribution >= 0.6 is 0 Å². The Morgan fingerprint density at radius 3 is 2.75 bits per heavy atom. The molecule has 2 aromatic heterocycles. The van der Waals surface area contributed by atoms with Crippen molar-refractivity contribution >= 4 is 5.95 Å². The van der Waals surface area contributed by atoms with Crippen LogP contribution in [0.5, 0.6) is 11.8 Å². The smallest absolute Gasteiger partial charge is 0.226 e. The summed E-state index contributed by atoms with van der Waals surface area (Å²) in [6.07, 6.45) is 2.49. The van der Waals surface area contributed by atoms with Crippen molar-refractivity contribution in [3.8, 4) is 11.8 Å². The number of aromatic nitrogens is 4. The molecular weight excluding hydrogens is 258 g/mol. The molecule has 7 heteroatoms. The van der Waals surface area contributed by atoms with Gasteiger partial charge < -0.3 is 14.8 Å². The van der Waals surface area contributed by atoms with Crippen LogP contribution in [0.4, 0.5) is 5.95 Å². The molecule has 0 aliphatic heterocycles. The summed E-state index contributed by atoms with van der Waals surface area (Å²) >= 11 is 0. The molecular formula is C13H19N5O2. The summed E-state index contributed by atoms with van der Waals surface area (Å²) in [5.74, 6) is 1.78. The molecule has 108 valence electrons. The average molecular weight is 277 g/mol. The van der Waals surface area contributed by atoms with Gasteiger partial charge in [-0.1, -0.05) is 6.92 Å². The zero-order valence-corrected chi connectivity index (χ0v) is 12.2. The molecule has 0 bridgehead atoms. The first-order chi connectivity index (χ1) is 9.69. The third kappa shape index (κ3) is 2.81. The van der Waals surface area contributed by atoms with E-state index in [1.165, 1.54) is 0 Å². The van der Waals surface area contributed by atoms with Gasteiger partial charge in [0.05, 0.1) is 32.0 Å². The van der Waals surface area contributed by atoms with Crippen molar-refractivity contribution < 1.29 is 9.47 Å². The van der Waals surface area contributed by atoms with Crippen molar-refractivity contribution in [3.05, 3.63) is 23.5 Å². The molecule has 0 spiro atoms. The van der Waals surface area contributed by atoms with E-state index in [1.54, 1.807) is 31.2 Å². The molecule has 0 atom stereocenters. The number of rotatable bonds is 6. The molecule has 2 rings (SSSR count). The zero-order chi connectivity index (χ0) is 14.5. The van der Waals surface area contributed by atoms with E-state index in [2.05, 4.69) is 27.3 Å². The predicted molar refractivity (Wildman–Crippen MR) is 75.0 cm³/mol. The number of aryl methyl sites for hydroxylation is 2. The topological polar surface area (TPSA) is 74.1 Å². The maximum Gasteiger partial charge on any atom is 0.226 e. The molecule has 0 saturated carbocycles. The molecule has 2 aromatic rings. The van der Waals surface area contributed by atoms with Gasteiger partial charge in [0.2, 0.25) is 17.7 Å². The number of methoxy groups -OCH3 is 2. The number of ether oxygens (including phenoxy) is 2.